The minimum Gasteiger partial charge on any atom is -0.465 e. The highest BCUT2D eigenvalue weighted by Gasteiger charge is 2.21. The smallest absolute Gasteiger partial charge is 0.338 e. The molecule has 0 saturated heterocycles. The first kappa shape index (κ1) is 26.7. The van der Waals surface area contributed by atoms with E-state index in [-0.39, 0.29) is 11.9 Å². The van der Waals surface area contributed by atoms with Crippen molar-refractivity contribution in [2.24, 2.45) is 0 Å². The highest BCUT2D eigenvalue weighted by molar-refractivity contribution is 5.98. The SMILES string of the molecule is CCCCN(Cc1ccc(C(=O)OC)c(-c2ccccc2C)c1)C(=O)c1ccc(C2CCCCC2)cc1. The largest absolute Gasteiger partial charge is 0.465 e. The molecule has 1 saturated carbocycles. The van der Waals surface area contributed by atoms with Crippen LogP contribution in [0, 0.1) is 6.92 Å². The number of hydrogen-bond acceptors (Lipinski definition) is 3. The van der Waals surface area contributed by atoms with Crippen molar-refractivity contribution in [1.82, 2.24) is 4.90 Å². The van der Waals surface area contributed by atoms with Gasteiger partial charge in [-0.3, -0.25) is 4.79 Å². The van der Waals surface area contributed by atoms with Crippen molar-refractivity contribution in [3.8, 4) is 11.1 Å². The first-order chi connectivity index (χ1) is 18.0. The standard InChI is InChI=1S/C33H39NO3/c1-4-5-21-34(32(35)28-18-16-27(17-19-28)26-12-7-6-8-13-26)23-25-15-20-30(33(36)37-3)31(22-25)29-14-10-9-11-24(29)2/h9-11,14-20,22,26H,4-8,12-13,21,23H2,1-3H3. The van der Waals surface area contributed by atoms with Crippen LogP contribution < -0.4 is 0 Å². The van der Waals surface area contributed by atoms with E-state index in [4.69, 9.17) is 4.74 Å². The molecule has 0 aliphatic heterocycles. The van der Waals surface area contributed by atoms with Crippen molar-refractivity contribution >= 4 is 11.9 Å². The predicted octanol–water partition coefficient (Wildman–Crippen LogP) is 7.94. The van der Waals surface area contributed by atoms with E-state index < -0.39 is 0 Å². The Morgan fingerprint density at radius 3 is 2.32 bits per heavy atom. The molecule has 4 nitrogen and oxygen atoms in total. The van der Waals surface area contributed by atoms with E-state index in [1.807, 2.05) is 66.4 Å². The van der Waals surface area contributed by atoms with Gasteiger partial charge in [0.15, 0.2) is 0 Å². The second-order valence-electron chi connectivity index (χ2n) is 10.2. The van der Waals surface area contributed by atoms with E-state index in [2.05, 4.69) is 19.1 Å². The average Bonchev–Trinajstić information content (AvgIpc) is 2.95. The molecule has 1 aliphatic carbocycles. The number of nitrogens with zero attached hydrogens (tertiary/aromatic N) is 1. The fourth-order valence-electron chi connectivity index (χ4n) is 5.41. The third-order valence-corrected chi connectivity index (χ3v) is 7.60. The Bertz CT molecular complexity index is 1210. The fraction of sp³-hybridized carbons (Fsp3) is 0.394. The van der Waals surface area contributed by atoms with Gasteiger partial charge in [0.25, 0.3) is 5.91 Å². The van der Waals surface area contributed by atoms with E-state index in [0.717, 1.165) is 40.7 Å². The summed E-state index contributed by atoms with van der Waals surface area (Å²) in [6, 6.07) is 22.1. The van der Waals surface area contributed by atoms with Gasteiger partial charge in [-0.05, 0) is 84.2 Å². The van der Waals surface area contributed by atoms with Crippen molar-refractivity contribution in [3.05, 3.63) is 94.5 Å². The maximum Gasteiger partial charge on any atom is 0.338 e. The highest BCUT2D eigenvalue weighted by Crippen LogP contribution is 2.33. The predicted molar refractivity (Wildman–Crippen MR) is 150 cm³/mol. The van der Waals surface area contributed by atoms with Gasteiger partial charge in [-0.2, -0.15) is 0 Å². The first-order valence-corrected chi connectivity index (χ1v) is 13.7. The first-order valence-electron chi connectivity index (χ1n) is 13.7. The van der Waals surface area contributed by atoms with Crippen LogP contribution in [0.15, 0.2) is 66.7 Å². The fourth-order valence-corrected chi connectivity index (χ4v) is 5.41. The summed E-state index contributed by atoms with van der Waals surface area (Å²) in [5.41, 5.74) is 6.54. The van der Waals surface area contributed by atoms with Crippen LogP contribution in [0.25, 0.3) is 11.1 Å². The zero-order chi connectivity index (χ0) is 26.2. The number of benzene rings is 3. The van der Waals surface area contributed by atoms with Crippen LogP contribution in [0.5, 0.6) is 0 Å². The summed E-state index contributed by atoms with van der Waals surface area (Å²) in [7, 11) is 1.41. The zero-order valence-corrected chi connectivity index (χ0v) is 22.5. The lowest BCUT2D eigenvalue weighted by molar-refractivity contribution is 0.0601. The summed E-state index contributed by atoms with van der Waals surface area (Å²) >= 11 is 0. The van der Waals surface area contributed by atoms with E-state index in [0.29, 0.717) is 24.6 Å². The van der Waals surface area contributed by atoms with Crippen molar-refractivity contribution in [2.45, 2.75) is 71.3 Å². The van der Waals surface area contributed by atoms with Crippen LogP contribution in [0.1, 0.15) is 95.2 Å². The van der Waals surface area contributed by atoms with Gasteiger partial charge >= 0.3 is 5.97 Å². The number of esters is 1. The van der Waals surface area contributed by atoms with Crippen molar-refractivity contribution in [3.63, 3.8) is 0 Å². The zero-order valence-electron chi connectivity index (χ0n) is 22.5. The molecule has 4 heteroatoms. The molecule has 37 heavy (non-hydrogen) atoms. The number of aryl methyl sites for hydroxylation is 1. The summed E-state index contributed by atoms with van der Waals surface area (Å²) in [5.74, 6) is 0.321. The summed E-state index contributed by atoms with van der Waals surface area (Å²) < 4.78 is 5.06. The lowest BCUT2D eigenvalue weighted by atomic mass is 9.84. The van der Waals surface area contributed by atoms with Crippen LogP contribution in [0.3, 0.4) is 0 Å². The van der Waals surface area contributed by atoms with Crippen LogP contribution in [-0.2, 0) is 11.3 Å². The summed E-state index contributed by atoms with van der Waals surface area (Å²) in [4.78, 5) is 28.1. The Labute approximate surface area is 221 Å². The normalized spacial score (nSPS) is 13.8. The van der Waals surface area contributed by atoms with E-state index >= 15 is 0 Å². The maximum absolute atomic E-state index is 13.6. The van der Waals surface area contributed by atoms with Gasteiger partial charge < -0.3 is 9.64 Å². The molecule has 0 heterocycles. The van der Waals surface area contributed by atoms with Gasteiger partial charge in [-0.1, -0.05) is 75.1 Å². The molecule has 194 valence electrons. The number of hydrogen-bond donors (Lipinski definition) is 0. The number of rotatable bonds is 9. The summed E-state index contributed by atoms with van der Waals surface area (Å²) in [5, 5.41) is 0. The Hall–Kier alpha value is -3.40. The topological polar surface area (TPSA) is 46.6 Å². The molecular formula is C33H39NO3. The quantitative estimate of drug-likeness (QED) is 0.282. The van der Waals surface area contributed by atoms with E-state index in [1.165, 1.54) is 44.8 Å². The third-order valence-electron chi connectivity index (χ3n) is 7.60. The molecule has 3 aromatic carbocycles. The highest BCUT2D eigenvalue weighted by atomic mass is 16.5. The van der Waals surface area contributed by atoms with Gasteiger partial charge in [0.05, 0.1) is 12.7 Å². The Balaban J connectivity index is 1.60. The number of ether oxygens (including phenoxy) is 1. The molecule has 0 atom stereocenters. The Morgan fingerprint density at radius 1 is 0.919 bits per heavy atom. The molecule has 0 radical (unpaired) electrons. The second kappa shape index (κ2) is 12.7. The van der Waals surface area contributed by atoms with E-state index in [1.54, 1.807) is 0 Å². The number of methoxy groups -OCH3 is 1. The molecular weight excluding hydrogens is 458 g/mol. The molecule has 0 unspecified atom stereocenters. The van der Waals surface area contributed by atoms with Crippen molar-refractivity contribution in [2.75, 3.05) is 13.7 Å². The van der Waals surface area contributed by atoms with Crippen LogP contribution in [0.2, 0.25) is 0 Å². The second-order valence-corrected chi connectivity index (χ2v) is 10.2. The van der Waals surface area contributed by atoms with Gasteiger partial charge in [-0.15, -0.1) is 0 Å². The number of carbonyl (C=O) groups is 2. The minimum atomic E-state index is -0.359. The van der Waals surface area contributed by atoms with E-state index in [9.17, 15) is 9.59 Å². The summed E-state index contributed by atoms with van der Waals surface area (Å²) in [6.07, 6.45) is 8.40. The lowest BCUT2D eigenvalue weighted by Gasteiger charge is -2.25. The Morgan fingerprint density at radius 2 is 1.65 bits per heavy atom. The van der Waals surface area contributed by atoms with Crippen molar-refractivity contribution in [1.29, 1.82) is 0 Å². The summed E-state index contributed by atoms with van der Waals surface area (Å²) in [6.45, 7) is 5.36. The molecule has 0 N–H and O–H groups in total. The number of carbonyl (C=O) groups excluding carboxylic acids is 2. The molecule has 0 spiro atoms. The molecule has 1 amide bonds. The number of amides is 1. The molecule has 4 rings (SSSR count). The molecule has 1 aliphatic rings. The van der Waals surface area contributed by atoms with Gasteiger partial charge in [0.2, 0.25) is 0 Å². The van der Waals surface area contributed by atoms with Gasteiger partial charge in [0, 0.05) is 18.7 Å². The molecule has 0 aromatic heterocycles. The monoisotopic (exact) mass is 497 g/mol. The maximum atomic E-state index is 13.6. The third kappa shape index (κ3) is 6.49. The van der Waals surface area contributed by atoms with Crippen LogP contribution in [-0.4, -0.2) is 30.4 Å². The molecule has 1 fully saturated rings. The van der Waals surface area contributed by atoms with Crippen molar-refractivity contribution < 1.29 is 14.3 Å². The average molecular weight is 498 g/mol. The number of unbranched alkanes of at least 4 members (excludes halogenated alkanes) is 1. The minimum absolute atomic E-state index is 0.0538. The molecule has 0 bridgehead atoms. The Kier molecular flexibility index (Phi) is 9.16. The van der Waals surface area contributed by atoms with Gasteiger partial charge in [-0.25, -0.2) is 4.79 Å². The van der Waals surface area contributed by atoms with Gasteiger partial charge in [0.1, 0.15) is 0 Å². The van der Waals surface area contributed by atoms with Crippen LogP contribution >= 0.6 is 0 Å². The lowest BCUT2D eigenvalue weighted by Crippen LogP contribution is -2.31. The van der Waals surface area contributed by atoms with Crippen LogP contribution in [0.4, 0.5) is 0 Å². The molecule has 3 aromatic rings.